The van der Waals surface area contributed by atoms with Gasteiger partial charge in [-0.15, -0.1) is 0 Å². The molecule has 1 aliphatic rings. The van der Waals surface area contributed by atoms with E-state index in [1.165, 1.54) is 9.58 Å². The number of hydrogen-bond acceptors (Lipinski definition) is 5. The first kappa shape index (κ1) is 22.6. The van der Waals surface area contributed by atoms with Gasteiger partial charge in [-0.3, -0.25) is 19.1 Å². The molecule has 3 rings (SSSR count). The summed E-state index contributed by atoms with van der Waals surface area (Å²) in [4.78, 5) is 39.3. The van der Waals surface area contributed by atoms with Crippen LogP contribution in [0.4, 0.5) is 0 Å². The van der Waals surface area contributed by atoms with Crippen LogP contribution in [0.1, 0.15) is 30.1 Å². The molecule has 0 aliphatic carbocycles. The van der Waals surface area contributed by atoms with Crippen LogP contribution in [0.25, 0.3) is 0 Å². The first-order valence-electron chi connectivity index (χ1n) is 10.2. The minimum Gasteiger partial charge on any atom is -0.491 e. The van der Waals surface area contributed by atoms with Crippen LogP contribution in [0.2, 0.25) is 5.02 Å². The van der Waals surface area contributed by atoms with Gasteiger partial charge in [0, 0.05) is 30.5 Å². The maximum atomic E-state index is 12.7. The van der Waals surface area contributed by atoms with Gasteiger partial charge in [0.25, 0.3) is 5.91 Å². The molecule has 0 radical (unpaired) electrons. The molecule has 0 saturated carbocycles. The second-order valence-corrected chi connectivity index (χ2v) is 7.84. The molecular weight excluding hydrogens is 422 g/mol. The van der Waals surface area contributed by atoms with E-state index in [0.717, 1.165) is 0 Å². The number of halogens is 1. The van der Waals surface area contributed by atoms with Gasteiger partial charge in [0.2, 0.25) is 11.8 Å². The number of hydrogen-bond donors (Lipinski definition) is 2. The summed E-state index contributed by atoms with van der Waals surface area (Å²) in [7, 11) is 0. The number of nitrogens with zero attached hydrogens (tertiary/aromatic N) is 3. The number of benzene rings is 1. The van der Waals surface area contributed by atoms with Crippen molar-refractivity contribution in [3.63, 3.8) is 0 Å². The molecule has 0 saturated heterocycles. The van der Waals surface area contributed by atoms with Crippen LogP contribution in [-0.4, -0.2) is 64.7 Å². The Labute approximate surface area is 185 Å². The quantitative estimate of drug-likeness (QED) is 0.725. The van der Waals surface area contributed by atoms with Gasteiger partial charge < -0.3 is 20.3 Å². The lowest BCUT2D eigenvalue weighted by Gasteiger charge is -2.23. The Hall–Kier alpha value is -3.07. The second kappa shape index (κ2) is 10.8. The van der Waals surface area contributed by atoms with Crippen molar-refractivity contribution < 1.29 is 19.1 Å². The van der Waals surface area contributed by atoms with Crippen LogP contribution in [-0.2, 0) is 16.1 Å². The summed E-state index contributed by atoms with van der Waals surface area (Å²) in [6.07, 6.45) is 4.57. The smallest absolute Gasteiger partial charge is 0.255 e. The van der Waals surface area contributed by atoms with Crippen molar-refractivity contribution in [3.05, 3.63) is 47.2 Å². The van der Waals surface area contributed by atoms with Crippen LogP contribution >= 0.6 is 11.6 Å². The van der Waals surface area contributed by atoms with E-state index in [-0.39, 0.29) is 43.5 Å². The van der Waals surface area contributed by atoms with E-state index in [1.807, 2.05) is 0 Å². The Morgan fingerprint density at radius 1 is 1.32 bits per heavy atom. The van der Waals surface area contributed by atoms with Gasteiger partial charge in [-0.25, -0.2) is 0 Å². The van der Waals surface area contributed by atoms with E-state index in [9.17, 15) is 14.4 Å². The summed E-state index contributed by atoms with van der Waals surface area (Å²) in [5.74, 6) is -0.354. The van der Waals surface area contributed by atoms with E-state index in [2.05, 4.69) is 15.7 Å². The zero-order valence-corrected chi connectivity index (χ0v) is 18.1. The van der Waals surface area contributed by atoms with Crippen molar-refractivity contribution in [2.24, 2.45) is 0 Å². The van der Waals surface area contributed by atoms with Crippen LogP contribution < -0.4 is 15.4 Å². The van der Waals surface area contributed by atoms with Crippen LogP contribution in [0.15, 0.2) is 36.7 Å². The standard InChI is InChI=1S/C21H26ClN5O4/c1-15-14-31-18-6-5-16(22)11-17(18)21(30)23-7-2-3-9-26(12-19(28)25-15)20(29)13-27-10-4-8-24-27/h4-6,8,10-11,15H,2-3,7,9,12-14H2,1H3,(H,23,30)(H,25,28)/t15-/m0/s1. The number of nitrogens with one attached hydrogen (secondary N) is 2. The van der Waals surface area contributed by atoms with Crippen molar-refractivity contribution in [1.29, 1.82) is 0 Å². The molecule has 10 heteroatoms. The van der Waals surface area contributed by atoms with Crippen molar-refractivity contribution in [2.45, 2.75) is 32.4 Å². The summed E-state index contributed by atoms with van der Waals surface area (Å²) in [6.45, 7) is 2.79. The minimum atomic E-state index is -0.327. The minimum absolute atomic E-state index is 0.0526. The first-order chi connectivity index (χ1) is 14.9. The van der Waals surface area contributed by atoms with Gasteiger partial charge >= 0.3 is 0 Å². The van der Waals surface area contributed by atoms with E-state index in [0.29, 0.717) is 42.3 Å². The number of carbonyl (C=O) groups is 3. The van der Waals surface area contributed by atoms with E-state index >= 15 is 0 Å². The molecule has 166 valence electrons. The number of ether oxygens (including phenoxy) is 1. The topological polar surface area (TPSA) is 106 Å². The Bertz CT molecular complexity index is 918. The van der Waals surface area contributed by atoms with Gasteiger partial charge in [0.1, 0.15) is 18.9 Å². The van der Waals surface area contributed by atoms with Crippen molar-refractivity contribution in [2.75, 3.05) is 26.2 Å². The summed E-state index contributed by atoms with van der Waals surface area (Å²) in [5.41, 5.74) is 0.344. The lowest BCUT2D eigenvalue weighted by Crippen LogP contribution is -2.46. The van der Waals surface area contributed by atoms with Crippen molar-refractivity contribution >= 4 is 29.3 Å². The normalized spacial score (nSPS) is 18.6. The van der Waals surface area contributed by atoms with Gasteiger partial charge in [-0.2, -0.15) is 5.10 Å². The van der Waals surface area contributed by atoms with Crippen LogP contribution in [0, 0.1) is 0 Å². The van der Waals surface area contributed by atoms with Gasteiger partial charge in [-0.05, 0) is 44.0 Å². The summed E-state index contributed by atoms with van der Waals surface area (Å²) >= 11 is 6.04. The molecule has 1 aromatic heterocycles. The van der Waals surface area contributed by atoms with E-state index in [4.69, 9.17) is 16.3 Å². The average molecular weight is 448 g/mol. The number of amides is 3. The van der Waals surface area contributed by atoms with Gasteiger partial charge in [0.15, 0.2) is 0 Å². The molecule has 2 N–H and O–H groups in total. The molecule has 31 heavy (non-hydrogen) atoms. The molecule has 1 aliphatic heterocycles. The largest absolute Gasteiger partial charge is 0.491 e. The van der Waals surface area contributed by atoms with E-state index < -0.39 is 0 Å². The summed E-state index contributed by atoms with van der Waals surface area (Å²) in [6, 6.07) is 6.26. The number of carbonyl (C=O) groups excluding carboxylic acids is 3. The highest BCUT2D eigenvalue weighted by atomic mass is 35.5. The Balaban J connectivity index is 1.70. The maximum Gasteiger partial charge on any atom is 0.255 e. The Morgan fingerprint density at radius 3 is 2.94 bits per heavy atom. The SMILES string of the molecule is C[C@H]1COc2ccc(Cl)cc2C(=O)NCCCCN(C(=O)Cn2cccn2)CC(=O)N1. The lowest BCUT2D eigenvalue weighted by molar-refractivity contribution is -0.137. The maximum absolute atomic E-state index is 12.7. The number of aromatic nitrogens is 2. The first-order valence-corrected chi connectivity index (χ1v) is 10.6. The summed E-state index contributed by atoms with van der Waals surface area (Å²) < 4.78 is 7.29. The Morgan fingerprint density at radius 2 is 2.16 bits per heavy atom. The highest BCUT2D eigenvalue weighted by Crippen LogP contribution is 2.23. The molecule has 3 amide bonds. The fraction of sp³-hybridized carbons (Fsp3) is 0.429. The van der Waals surface area contributed by atoms with E-state index in [1.54, 1.807) is 43.6 Å². The predicted octanol–water partition coefficient (Wildman–Crippen LogP) is 1.47. The molecular formula is C21H26ClN5O4. The fourth-order valence-corrected chi connectivity index (χ4v) is 3.38. The summed E-state index contributed by atoms with van der Waals surface area (Å²) in [5, 5.41) is 10.2. The zero-order chi connectivity index (χ0) is 22.2. The lowest BCUT2D eigenvalue weighted by atomic mass is 10.2. The fourth-order valence-electron chi connectivity index (χ4n) is 3.21. The Kier molecular flexibility index (Phi) is 7.88. The number of fused-ring (bicyclic) bond motifs is 1. The van der Waals surface area contributed by atoms with Crippen LogP contribution in [0.3, 0.4) is 0 Å². The third kappa shape index (κ3) is 6.71. The number of rotatable bonds is 2. The molecule has 0 unspecified atom stereocenters. The molecule has 0 spiro atoms. The monoisotopic (exact) mass is 447 g/mol. The average Bonchev–Trinajstić information content (AvgIpc) is 3.23. The third-order valence-electron chi connectivity index (χ3n) is 4.77. The van der Waals surface area contributed by atoms with Crippen molar-refractivity contribution in [3.8, 4) is 5.75 Å². The zero-order valence-electron chi connectivity index (χ0n) is 17.3. The third-order valence-corrected chi connectivity index (χ3v) is 5.00. The molecule has 1 atom stereocenters. The predicted molar refractivity (Wildman–Crippen MR) is 115 cm³/mol. The van der Waals surface area contributed by atoms with Crippen molar-refractivity contribution in [1.82, 2.24) is 25.3 Å². The van der Waals surface area contributed by atoms with Gasteiger partial charge in [0.05, 0.1) is 18.2 Å². The highest BCUT2D eigenvalue weighted by molar-refractivity contribution is 6.31. The highest BCUT2D eigenvalue weighted by Gasteiger charge is 2.20. The molecule has 2 aromatic rings. The molecule has 1 aromatic carbocycles. The second-order valence-electron chi connectivity index (χ2n) is 7.40. The van der Waals surface area contributed by atoms with Crippen LogP contribution in [0.5, 0.6) is 5.75 Å². The molecule has 2 heterocycles. The van der Waals surface area contributed by atoms with Gasteiger partial charge in [-0.1, -0.05) is 11.6 Å². The molecule has 0 bridgehead atoms. The molecule has 9 nitrogen and oxygen atoms in total. The molecule has 0 fully saturated rings.